The van der Waals surface area contributed by atoms with Gasteiger partial charge in [-0.15, -0.1) is 0 Å². The van der Waals surface area contributed by atoms with E-state index in [1.54, 1.807) is 0 Å². The van der Waals surface area contributed by atoms with Gasteiger partial charge in [0.15, 0.2) is 0 Å². The van der Waals surface area contributed by atoms with Crippen molar-refractivity contribution >= 4 is 17.6 Å². The molecule has 5 heteroatoms. The number of anilines is 1. The smallest absolute Gasteiger partial charge is 0.145 e. The molecule has 1 aliphatic heterocycles. The molecule has 1 aliphatic rings. The molecule has 1 saturated heterocycles. The lowest BCUT2D eigenvalue weighted by Gasteiger charge is -2.26. The minimum Gasteiger partial charge on any atom is -0.488 e. The van der Waals surface area contributed by atoms with E-state index in [4.69, 9.17) is 10.5 Å². The van der Waals surface area contributed by atoms with E-state index in [2.05, 4.69) is 10.2 Å². The minimum atomic E-state index is 0.335. The molecular weight excluding hydrogens is 234 g/mol. The number of nitrogen functional groups attached to an aromatic ring is 1. The Morgan fingerprint density at radius 2 is 2.18 bits per heavy atom. The monoisotopic (exact) mass is 247 g/mol. The highest BCUT2D eigenvalue weighted by Gasteiger charge is 2.21. The Morgan fingerprint density at radius 3 is 2.82 bits per heavy atom. The number of benzene rings is 1. The molecule has 0 aliphatic carbocycles. The van der Waals surface area contributed by atoms with E-state index in [9.17, 15) is 0 Å². The van der Waals surface area contributed by atoms with Gasteiger partial charge in [-0.05, 0) is 12.1 Å². The second-order valence-corrected chi connectivity index (χ2v) is 5.05. The van der Waals surface area contributed by atoms with Crippen molar-refractivity contribution in [2.24, 2.45) is 0 Å². The Kier molecular flexibility index (Phi) is 2.68. The second-order valence-electron chi connectivity index (χ2n) is 3.98. The number of nitrogens with zero attached hydrogens (tertiary/aromatic N) is 1. The van der Waals surface area contributed by atoms with E-state index >= 15 is 0 Å². The van der Waals surface area contributed by atoms with Crippen molar-refractivity contribution in [1.82, 2.24) is 10.2 Å². The molecule has 0 spiro atoms. The highest BCUT2D eigenvalue weighted by atomic mass is 32.2. The summed E-state index contributed by atoms with van der Waals surface area (Å²) in [6, 6.07) is 9.76. The normalized spacial score (nSPS) is 15.5. The van der Waals surface area contributed by atoms with Crippen LogP contribution >= 0.6 is 11.8 Å². The summed E-state index contributed by atoms with van der Waals surface area (Å²) in [5.41, 5.74) is 7.52. The second kappa shape index (κ2) is 4.33. The number of H-pyrrole nitrogens is 1. The molecule has 0 saturated carbocycles. The first-order valence-electron chi connectivity index (χ1n) is 5.47. The zero-order valence-corrected chi connectivity index (χ0v) is 10.0. The van der Waals surface area contributed by atoms with Crippen LogP contribution in [0.2, 0.25) is 0 Å². The van der Waals surface area contributed by atoms with Gasteiger partial charge >= 0.3 is 0 Å². The maximum absolute atomic E-state index is 5.94. The Labute approximate surface area is 104 Å². The average molecular weight is 247 g/mol. The maximum Gasteiger partial charge on any atom is 0.145 e. The molecule has 1 aromatic carbocycles. The van der Waals surface area contributed by atoms with Gasteiger partial charge in [-0.2, -0.15) is 16.9 Å². The highest BCUT2D eigenvalue weighted by Crippen LogP contribution is 2.32. The zero-order chi connectivity index (χ0) is 11.7. The lowest BCUT2D eigenvalue weighted by atomic mass is 10.1. The van der Waals surface area contributed by atoms with Gasteiger partial charge < -0.3 is 10.5 Å². The quantitative estimate of drug-likeness (QED) is 0.872. The molecule has 0 unspecified atom stereocenters. The van der Waals surface area contributed by atoms with Crippen molar-refractivity contribution in [2.45, 2.75) is 6.10 Å². The first-order chi connectivity index (χ1) is 8.33. The summed E-state index contributed by atoms with van der Waals surface area (Å²) >= 11 is 1.91. The minimum absolute atomic E-state index is 0.335. The Bertz CT molecular complexity index is 522. The topological polar surface area (TPSA) is 63.9 Å². The van der Waals surface area contributed by atoms with Crippen LogP contribution in [0.5, 0.6) is 5.75 Å². The third-order valence-corrected chi connectivity index (χ3v) is 3.89. The van der Waals surface area contributed by atoms with Crippen molar-refractivity contribution < 1.29 is 4.74 Å². The summed E-state index contributed by atoms with van der Waals surface area (Å²) in [6.07, 6.45) is 0.335. The predicted molar refractivity (Wildman–Crippen MR) is 70.2 cm³/mol. The summed E-state index contributed by atoms with van der Waals surface area (Å²) in [6.45, 7) is 0. The van der Waals surface area contributed by atoms with Crippen LogP contribution in [0.25, 0.3) is 11.3 Å². The van der Waals surface area contributed by atoms with E-state index in [1.807, 2.05) is 42.1 Å². The first kappa shape index (κ1) is 10.5. The van der Waals surface area contributed by atoms with Crippen LogP contribution in [0.4, 0.5) is 5.82 Å². The third kappa shape index (κ3) is 2.10. The van der Waals surface area contributed by atoms with E-state index < -0.39 is 0 Å². The van der Waals surface area contributed by atoms with Crippen molar-refractivity contribution in [3.63, 3.8) is 0 Å². The summed E-state index contributed by atoms with van der Waals surface area (Å²) in [5.74, 6) is 3.52. The molecule has 4 nitrogen and oxygen atoms in total. The number of para-hydroxylation sites is 1. The number of thioether (sulfide) groups is 1. The number of nitrogens with one attached hydrogen (secondary N) is 1. The molecular formula is C12H13N3OS. The number of hydrogen-bond donors (Lipinski definition) is 2. The van der Waals surface area contributed by atoms with Crippen molar-refractivity contribution in [2.75, 3.05) is 17.2 Å². The van der Waals surface area contributed by atoms with Crippen LogP contribution in [0, 0.1) is 0 Å². The van der Waals surface area contributed by atoms with Gasteiger partial charge in [0.2, 0.25) is 0 Å². The largest absolute Gasteiger partial charge is 0.488 e. The number of hydrogen-bond acceptors (Lipinski definition) is 4. The molecule has 3 rings (SSSR count). The molecule has 88 valence electrons. The van der Waals surface area contributed by atoms with Crippen molar-refractivity contribution in [3.8, 4) is 17.0 Å². The van der Waals surface area contributed by atoms with E-state index in [1.165, 1.54) is 0 Å². The lowest BCUT2D eigenvalue weighted by molar-refractivity contribution is 0.241. The third-order valence-electron chi connectivity index (χ3n) is 2.68. The predicted octanol–water partition coefficient (Wildman–Crippen LogP) is 2.15. The number of ether oxygens (including phenoxy) is 1. The Hall–Kier alpha value is -1.62. The van der Waals surface area contributed by atoms with Gasteiger partial charge in [-0.1, -0.05) is 12.1 Å². The number of nitrogens with two attached hydrogens (primary N) is 1. The van der Waals surface area contributed by atoms with Gasteiger partial charge in [0.25, 0.3) is 0 Å². The molecule has 1 aromatic heterocycles. The van der Waals surface area contributed by atoms with E-state index in [-0.39, 0.29) is 0 Å². The van der Waals surface area contributed by atoms with Crippen molar-refractivity contribution in [1.29, 1.82) is 0 Å². The zero-order valence-electron chi connectivity index (χ0n) is 9.22. The van der Waals surface area contributed by atoms with Crippen molar-refractivity contribution in [3.05, 3.63) is 30.3 Å². The van der Waals surface area contributed by atoms with Crippen LogP contribution in [0.15, 0.2) is 30.3 Å². The molecule has 0 bridgehead atoms. The Morgan fingerprint density at radius 1 is 1.35 bits per heavy atom. The SMILES string of the molecule is Nc1cc(-c2ccccc2OC2CSC2)[nH]n1. The molecule has 0 radical (unpaired) electrons. The summed E-state index contributed by atoms with van der Waals surface area (Å²) in [7, 11) is 0. The molecule has 3 N–H and O–H groups in total. The maximum atomic E-state index is 5.94. The fourth-order valence-electron chi connectivity index (χ4n) is 1.73. The number of rotatable bonds is 3. The standard InChI is InChI=1S/C12H13N3OS/c13-12-5-10(14-15-12)9-3-1-2-4-11(9)16-8-6-17-7-8/h1-5,8H,6-7H2,(H3,13,14,15). The van der Waals surface area contributed by atoms with Crippen LogP contribution in [0.1, 0.15) is 0 Å². The average Bonchev–Trinajstić information content (AvgIpc) is 2.71. The summed E-state index contributed by atoms with van der Waals surface area (Å²) in [5, 5.41) is 6.85. The summed E-state index contributed by atoms with van der Waals surface area (Å²) < 4.78 is 5.94. The van der Waals surface area contributed by atoms with Crippen LogP contribution in [-0.4, -0.2) is 27.8 Å². The summed E-state index contributed by atoms with van der Waals surface area (Å²) in [4.78, 5) is 0. The van der Waals surface area contributed by atoms with Gasteiger partial charge in [-0.3, -0.25) is 5.10 Å². The highest BCUT2D eigenvalue weighted by molar-refractivity contribution is 8.00. The van der Waals surface area contributed by atoms with E-state index in [0.29, 0.717) is 11.9 Å². The Balaban J connectivity index is 1.92. The van der Waals surface area contributed by atoms with Crippen LogP contribution in [-0.2, 0) is 0 Å². The lowest BCUT2D eigenvalue weighted by Crippen LogP contribution is -2.31. The van der Waals surface area contributed by atoms with Crippen LogP contribution in [0.3, 0.4) is 0 Å². The van der Waals surface area contributed by atoms with E-state index in [0.717, 1.165) is 28.5 Å². The fraction of sp³-hybridized carbons (Fsp3) is 0.250. The molecule has 2 heterocycles. The number of aromatic amines is 1. The fourth-order valence-corrected chi connectivity index (χ4v) is 2.29. The molecule has 17 heavy (non-hydrogen) atoms. The molecule has 1 fully saturated rings. The molecule has 2 aromatic rings. The van der Waals surface area contributed by atoms with Gasteiger partial charge in [0.1, 0.15) is 17.7 Å². The first-order valence-corrected chi connectivity index (χ1v) is 6.63. The molecule has 0 atom stereocenters. The van der Waals surface area contributed by atoms with Gasteiger partial charge in [0, 0.05) is 23.1 Å². The number of aromatic nitrogens is 2. The molecule has 0 amide bonds. The van der Waals surface area contributed by atoms with Gasteiger partial charge in [0.05, 0.1) is 5.69 Å². The van der Waals surface area contributed by atoms with Gasteiger partial charge in [-0.25, -0.2) is 0 Å². The van der Waals surface area contributed by atoms with Crippen LogP contribution < -0.4 is 10.5 Å².